The maximum Gasteiger partial charge on any atom is 0.268 e. The van der Waals surface area contributed by atoms with Crippen molar-refractivity contribution in [3.05, 3.63) is 53.6 Å². The van der Waals surface area contributed by atoms with Crippen LogP contribution in [0.4, 0.5) is 5.13 Å². The van der Waals surface area contributed by atoms with E-state index in [0.717, 1.165) is 11.5 Å². The fourth-order valence-electron chi connectivity index (χ4n) is 2.88. The number of nitrogens with one attached hydrogen (secondary N) is 1. The first-order valence-corrected chi connectivity index (χ1v) is 12.4. The lowest BCUT2D eigenvalue weighted by molar-refractivity contribution is -0.112. The van der Waals surface area contributed by atoms with E-state index in [-0.39, 0.29) is 5.57 Å². The van der Waals surface area contributed by atoms with Crippen molar-refractivity contribution in [2.45, 2.75) is 11.6 Å². The van der Waals surface area contributed by atoms with Crippen molar-refractivity contribution in [3.8, 4) is 29.1 Å². The molecular formula is C24H24N4O5S2. The molecule has 0 aliphatic rings. The Kier molecular flexibility index (Phi) is 9.77. The second-order valence-corrected chi connectivity index (χ2v) is 8.35. The zero-order valence-electron chi connectivity index (χ0n) is 19.4. The molecular weight excluding hydrogens is 488 g/mol. The number of anilines is 1. The highest BCUT2D eigenvalue weighted by molar-refractivity contribution is 7.98. The van der Waals surface area contributed by atoms with Crippen LogP contribution in [0.5, 0.6) is 23.0 Å². The van der Waals surface area contributed by atoms with Crippen molar-refractivity contribution in [3.63, 3.8) is 0 Å². The summed E-state index contributed by atoms with van der Waals surface area (Å²) in [6.07, 6.45) is 3.95. The van der Waals surface area contributed by atoms with Gasteiger partial charge >= 0.3 is 0 Å². The summed E-state index contributed by atoms with van der Waals surface area (Å²) >= 11 is 2.42. The zero-order valence-corrected chi connectivity index (χ0v) is 21.1. The van der Waals surface area contributed by atoms with E-state index < -0.39 is 5.91 Å². The minimum atomic E-state index is -0.564. The van der Waals surface area contributed by atoms with Gasteiger partial charge in [0.15, 0.2) is 23.0 Å². The lowest BCUT2D eigenvalue weighted by Gasteiger charge is -2.13. The second kappa shape index (κ2) is 13.2. The lowest BCUT2D eigenvalue weighted by Crippen LogP contribution is -2.13. The molecule has 2 aromatic carbocycles. The number of aromatic nitrogens is 2. The van der Waals surface area contributed by atoms with E-state index in [9.17, 15) is 10.1 Å². The van der Waals surface area contributed by atoms with E-state index >= 15 is 0 Å². The largest absolute Gasteiger partial charge is 0.493 e. The molecule has 0 atom stereocenters. The Morgan fingerprint density at radius 2 is 1.77 bits per heavy atom. The van der Waals surface area contributed by atoms with E-state index in [4.69, 9.17) is 18.9 Å². The van der Waals surface area contributed by atoms with Crippen molar-refractivity contribution in [2.75, 3.05) is 39.0 Å². The fraction of sp³-hybridized carbons (Fsp3) is 0.250. The molecule has 0 saturated carbocycles. The van der Waals surface area contributed by atoms with Gasteiger partial charge in [0.1, 0.15) is 11.6 Å². The Morgan fingerprint density at radius 3 is 2.40 bits per heavy atom. The van der Waals surface area contributed by atoms with Gasteiger partial charge < -0.3 is 18.9 Å². The highest BCUT2D eigenvalue weighted by atomic mass is 32.2. The van der Waals surface area contributed by atoms with E-state index in [2.05, 4.69) is 14.7 Å². The van der Waals surface area contributed by atoms with Crippen LogP contribution in [0.25, 0.3) is 6.08 Å². The molecule has 0 fully saturated rings. The van der Waals surface area contributed by atoms with Crippen LogP contribution in [0.2, 0.25) is 0 Å². The van der Waals surface area contributed by atoms with E-state index in [0.29, 0.717) is 58.5 Å². The maximum absolute atomic E-state index is 12.5. The summed E-state index contributed by atoms with van der Waals surface area (Å²) in [7, 11) is 3.12. The molecule has 182 valence electrons. The molecule has 1 heterocycles. The molecule has 1 amide bonds. The molecule has 0 aliphatic carbocycles. The highest BCUT2D eigenvalue weighted by Crippen LogP contribution is 2.30. The van der Waals surface area contributed by atoms with Gasteiger partial charge in [0.2, 0.25) is 10.3 Å². The number of carbonyl (C=O) groups excluding carboxylic acids is 1. The first kappa shape index (κ1) is 25.9. The Labute approximate surface area is 211 Å². The van der Waals surface area contributed by atoms with Crippen LogP contribution in [0.15, 0.2) is 53.2 Å². The van der Waals surface area contributed by atoms with Crippen LogP contribution in [0.3, 0.4) is 0 Å². The SMILES string of the molecule is COc1ccccc1OCCCOc1ccc(C=C(C#N)C(=O)Nc2nc(SC)ns2)cc1OC. The first-order chi connectivity index (χ1) is 17.1. The number of carbonyl (C=O) groups is 1. The van der Waals surface area contributed by atoms with Crippen LogP contribution in [-0.2, 0) is 4.79 Å². The molecule has 0 unspecified atom stereocenters. The third kappa shape index (κ3) is 7.37. The predicted octanol–water partition coefficient (Wildman–Crippen LogP) is 4.67. The van der Waals surface area contributed by atoms with Crippen LogP contribution >= 0.6 is 23.3 Å². The predicted molar refractivity (Wildman–Crippen MR) is 136 cm³/mol. The normalized spacial score (nSPS) is 10.9. The Hall–Kier alpha value is -3.75. The molecule has 0 radical (unpaired) electrons. The summed E-state index contributed by atoms with van der Waals surface area (Å²) in [6, 6.07) is 14.5. The number of hydrogen-bond donors (Lipinski definition) is 1. The highest BCUT2D eigenvalue weighted by Gasteiger charge is 2.14. The molecule has 35 heavy (non-hydrogen) atoms. The standard InChI is InChI=1S/C24H24N4O5S2/c1-30-18-7-4-5-8-19(18)32-11-6-12-33-20-10-9-16(14-21(20)31-2)13-17(15-25)22(29)26-23-27-24(34-3)28-35-23/h4-5,7-10,13-14H,6,11-12H2,1-3H3,(H,26,27,28,29). The number of benzene rings is 2. The summed E-state index contributed by atoms with van der Waals surface area (Å²) in [5, 5.41) is 12.9. The van der Waals surface area contributed by atoms with Crippen molar-refractivity contribution in [2.24, 2.45) is 0 Å². The van der Waals surface area contributed by atoms with Crippen molar-refractivity contribution >= 4 is 40.4 Å². The summed E-state index contributed by atoms with van der Waals surface area (Å²) in [5.41, 5.74) is 0.539. The quantitative estimate of drug-likeness (QED) is 0.160. The average molecular weight is 513 g/mol. The Balaban J connectivity index is 1.57. The Bertz CT molecular complexity index is 1220. The van der Waals surface area contributed by atoms with Gasteiger partial charge in [-0.1, -0.05) is 30.0 Å². The lowest BCUT2D eigenvalue weighted by atomic mass is 10.1. The Morgan fingerprint density at radius 1 is 1.09 bits per heavy atom. The number of para-hydroxylation sites is 2. The van der Waals surface area contributed by atoms with Gasteiger partial charge in [-0.25, -0.2) is 0 Å². The van der Waals surface area contributed by atoms with E-state index in [1.165, 1.54) is 24.9 Å². The number of nitriles is 1. The van der Waals surface area contributed by atoms with Crippen molar-refractivity contribution < 1.29 is 23.7 Å². The summed E-state index contributed by atoms with van der Waals surface area (Å²) in [4.78, 5) is 16.6. The minimum Gasteiger partial charge on any atom is -0.493 e. The topological polar surface area (TPSA) is 116 Å². The van der Waals surface area contributed by atoms with E-state index in [1.807, 2.05) is 36.6 Å². The van der Waals surface area contributed by atoms with Crippen LogP contribution in [0, 0.1) is 11.3 Å². The minimum absolute atomic E-state index is 0.0740. The van der Waals surface area contributed by atoms with Crippen molar-refractivity contribution in [1.29, 1.82) is 5.26 Å². The molecule has 1 N–H and O–H groups in total. The number of rotatable bonds is 12. The summed E-state index contributed by atoms with van der Waals surface area (Å²) < 4.78 is 26.4. The van der Waals surface area contributed by atoms with E-state index in [1.54, 1.807) is 25.3 Å². The van der Waals surface area contributed by atoms with Gasteiger partial charge in [0.25, 0.3) is 5.91 Å². The monoisotopic (exact) mass is 512 g/mol. The van der Waals surface area contributed by atoms with Gasteiger partial charge in [-0.2, -0.15) is 14.6 Å². The summed E-state index contributed by atoms with van der Waals surface area (Å²) in [5.74, 6) is 1.82. The van der Waals surface area contributed by atoms with Gasteiger partial charge in [0.05, 0.1) is 27.4 Å². The molecule has 0 saturated heterocycles. The third-order valence-electron chi connectivity index (χ3n) is 4.55. The second-order valence-electron chi connectivity index (χ2n) is 6.82. The average Bonchev–Trinajstić information content (AvgIpc) is 3.35. The molecule has 0 aliphatic heterocycles. The molecule has 0 bridgehead atoms. The number of hydrogen-bond acceptors (Lipinski definition) is 10. The smallest absolute Gasteiger partial charge is 0.268 e. The first-order valence-electron chi connectivity index (χ1n) is 10.5. The zero-order chi connectivity index (χ0) is 25.0. The maximum atomic E-state index is 12.5. The molecule has 3 aromatic rings. The number of ether oxygens (including phenoxy) is 4. The molecule has 3 rings (SSSR count). The number of methoxy groups -OCH3 is 2. The molecule has 9 nitrogen and oxygen atoms in total. The third-order valence-corrected chi connectivity index (χ3v) is 5.84. The molecule has 1 aromatic heterocycles. The van der Waals surface area contributed by atoms with Gasteiger partial charge in [0, 0.05) is 18.0 Å². The summed E-state index contributed by atoms with van der Waals surface area (Å²) in [6.45, 7) is 0.865. The number of amides is 1. The number of thioether (sulfide) groups is 1. The van der Waals surface area contributed by atoms with Gasteiger partial charge in [-0.15, -0.1) is 0 Å². The van der Waals surface area contributed by atoms with Crippen LogP contribution < -0.4 is 24.3 Å². The van der Waals surface area contributed by atoms with Crippen LogP contribution in [0.1, 0.15) is 12.0 Å². The van der Waals surface area contributed by atoms with Crippen molar-refractivity contribution in [1.82, 2.24) is 9.36 Å². The van der Waals surface area contributed by atoms with Gasteiger partial charge in [-0.3, -0.25) is 10.1 Å². The number of nitrogens with zero attached hydrogens (tertiary/aromatic N) is 3. The molecule has 11 heteroatoms. The molecule has 0 spiro atoms. The van der Waals surface area contributed by atoms with Gasteiger partial charge in [-0.05, 0) is 42.2 Å². The van der Waals surface area contributed by atoms with Crippen LogP contribution in [-0.4, -0.2) is 49.0 Å². The fourth-order valence-corrected chi connectivity index (χ4v) is 4.00.